The number of aromatic nitrogens is 1. The summed E-state index contributed by atoms with van der Waals surface area (Å²) in [6.07, 6.45) is 1.33. The SMILES string of the molecule is C/C(=C\c1csc(C)n1)[C@@H]1C[C@@H]2O[C@]2(C)CCC[C@H](C)[C@H](O)[C@@H](C)C(=O)C(C)(C)[C@@H](O)C[C@@H](O)O1. The van der Waals surface area contributed by atoms with E-state index in [4.69, 9.17) is 9.47 Å². The van der Waals surface area contributed by atoms with Crippen LogP contribution in [0.15, 0.2) is 11.0 Å². The summed E-state index contributed by atoms with van der Waals surface area (Å²) >= 11 is 1.58. The normalized spacial score (nSPS) is 39.8. The van der Waals surface area contributed by atoms with Crippen LogP contribution in [0.2, 0.25) is 0 Å². The topological polar surface area (TPSA) is 112 Å². The first-order valence-corrected chi connectivity index (χ1v) is 13.6. The minimum atomic E-state index is -1.26. The van der Waals surface area contributed by atoms with E-state index in [0.29, 0.717) is 6.42 Å². The Kier molecular flexibility index (Phi) is 8.99. The van der Waals surface area contributed by atoms with Gasteiger partial charge in [-0.05, 0) is 51.2 Å². The number of aliphatic hydroxyl groups excluding tert-OH is 3. The maximum absolute atomic E-state index is 13.2. The van der Waals surface area contributed by atoms with Gasteiger partial charge in [-0.2, -0.15) is 0 Å². The molecule has 0 unspecified atom stereocenters. The van der Waals surface area contributed by atoms with Crippen molar-refractivity contribution in [3.63, 3.8) is 0 Å². The first kappa shape index (κ1) is 28.4. The minimum Gasteiger partial charge on any atom is -0.392 e. The Morgan fingerprint density at radius 3 is 2.51 bits per heavy atom. The molecule has 2 aliphatic rings. The molecule has 7 nitrogen and oxygen atoms in total. The molecule has 1 aromatic rings. The van der Waals surface area contributed by atoms with Crippen LogP contribution in [0.1, 0.15) is 84.3 Å². The number of fused-ring (bicyclic) bond motifs is 1. The Hall–Kier alpha value is -1.16. The first-order valence-electron chi connectivity index (χ1n) is 12.8. The summed E-state index contributed by atoms with van der Waals surface area (Å²) in [6.45, 7) is 13.0. The van der Waals surface area contributed by atoms with Gasteiger partial charge < -0.3 is 24.8 Å². The average Bonchev–Trinajstić information content (AvgIpc) is 3.22. The fourth-order valence-electron chi connectivity index (χ4n) is 5.20. The number of Topliss-reactive ketones (excluding diaryl/α,β-unsaturated/α-hetero) is 1. The predicted molar refractivity (Wildman–Crippen MR) is 137 cm³/mol. The predicted octanol–water partition coefficient (Wildman–Crippen LogP) is 4.27. The molecule has 35 heavy (non-hydrogen) atoms. The highest BCUT2D eigenvalue weighted by atomic mass is 32.1. The molecule has 0 aliphatic carbocycles. The van der Waals surface area contributed by atoms with Crippen molar-refractivity contribution in [2.24, 2.45) is 17.3 Å². The van der Waals surface area contributed by atoms with Gasteiger partial charge in [0.2, 0.25) is 0 Å². The zero-order valence-electron chi connectivity index (χ0n) is 22.2. The third-order valence-corrected chi connectivity index (χ3v) is 8.83. The minimum absolute atomic E-state index is 0.00442. The van der Waals surface area contributed by atoms with Crippen LogP contribution < -0.4 is 0 Å². The molecular formula is C27H43NO6S. The highest BCUT2D eigenvalue weighted by molar-refractivity contribution is 7.09. The molecule has 3 rings (SSSR count). The van der Waals surface area contributed by atoms with Crippen molar-refractivity contribution in [3.8, 4) is 0 Å². The van der Waals surface area contributed by atoms with Crippen LogP contribution in [0.3, 0.4) is 0 Å². The van der Waals surface area contributed by atoms with E-state index in [1.807, 2.05) is 32.2 Å². The van der Waals surface area contributed by atoms with E-state index in [1.165, 1.54) is 0 Å². The van der Waals surface area contributed by atoms with Crippen molar-refractivity contribution in [1.82, 2.24) is 4.98 Å². The van der Waals surface area contributed by atoms with Gasteiger partial charge in [-0.15, -0.1) is 11.3 Å². The molecular weight excluding hydrogens is 466 g/mol. The van der Waals surface area contributed by atoms with Crippen molar-refractivity contribution in [2.45, 2.75) is 117 Å². The van der Waals surface area contributed by atoms with E-state index in [9.17, 15) is 20.1 Å². The lowest BCUT2D eigenvalue weighted by Gasteiger charge is -2.35. The van der Waals surface area contributed by atoms with E-state index in [1.54, 1.807) is 32.1 Å². The number of carbonyl (C=O) groups is 1. The first-order chi connectivity index (χ1) is 16.2. The van der Waals surface area contributed by atoms with Crippen LogP contribution in [-0.4, -0.2) is 62.4 Å². The fraction of sp³-hybridized carbons (Fsp3) is 0.778. The number of ketones is 1. The number of hydrogen-bond acceptors (Lipinski definition) is 8. The number of rotatable bonds is 2. The Morgan fingerprint density at radius 1 is 1.20 bits per heavy atom. The van der Waals surface area contributed by atoms with E-state index >= 15 is 0 Å². The second kappa shape index (κ2) is 11.1. The van der Waals surface area contributed by atoms with Gasteiger partial charge in [0.25, 0.3) is 0 Å². The number of thiazole rings is 1. The van der Waals surface area contributed by atoms with Crippen LogP contribution >= 0.6 is 11.3 Å². The average molecular weight is 510 g/mol. The van der Waals surface area contributed by atoms with Crippen LogP contribution in [0.5, 0.6) is 0 Å². The molecule has 3 N–H and O–H groups in total. The monoisotopic (exact) mass is 509 g/mol. The summed E-state index contributed by atoms with van der Waals surface area (Å²) in [7, 11) is 0. The largest absolute Gasteiger partial charge is 0.392 e. The quantitative estimate of drug-likeness (QED) is 0.510. The summed E-state index contributed by atoms with van der Waals surface area (Å²) < 4.78 is 12.1. The molecule has 0 aromatic carbocycles. The zero-order valence-corrected chi connectivity index (χ0v) is 23.0. The molecule has 8 heteroatoms. The van der Waals surface area contributed by atoms with Crippen molar-refractivity contribution < 1.29 is 29.6 Å². The molecule has 0 saturated carbocycles. The standard InChI is InChI=1S/C27H43NO6S/c1-15-9-8-10-27(7)22(34-27)12-20(16(2)11-19-14-35-18(4)28-19)33-23(30)13-21(29)26(5,6)25(32)17(3)24(15)31/h11,14-15,17,20-24,29-31H,8-10,12-13H2,1-7H3/b16-11+/t15-,17+,20-,21-,22-,23-,24-,27+/m0/s1. The number of ether oxygens (including phenoxy) is 2. The summed E-state index contributed by atoms with van der Waals surface area (Å²) in [5, 5.41) is 35.5. The summed E-state index contributed by atoms with van der Waals surface area (Å²) in [4.78, 5) is 17.7. The number of aliphatic hydroxyl groups is 3. The molecule has 8 atom stereocenters. The summed E-state index contributed by atoms with van der Waals surface area (Å²) in [6, 6.07) is 0. The van der Waals surface area contributed by atoms with Crippen molar-refractivity contribution in [2.75, 3.05) is 0 Å². The van der Waals surface area contributed by atoms with Gasteiger partial charge in [0.15, 0.2) is 6.29 Å². The smallest absolute Gasteiger partial charge is 0.157 e. The molecule has 0 bridgehead atoms. The Balaban J connectivity index is 1.85. The highest BCUT2D eigenvalue weighted by Gasteiger charge is 2.52. The fourth-order valence-corrected chi connectivity index (χ4v) is 5.77. The zero-order chi connectivity index (χ0) is 26.1. The third-order valence-electron chi connectivity index (χ3n) is 8.04. The summed E-state index contributed by atoms with van der Waals surface area (Å²) in [5.74, 6) is -0.891. The third kappa shape index (κ3) is 6.79. The van der Waals surface area contributed by atoms with Gasteiger partial charge in [0, 0.05) is 29.6 Å². The van der Waals surface area contributed by atoms with Crippen molar-refractivity contribution in [1.29, 1.82) is 0 Å². The molecule has 3 heterocycles. The number of aryl methyl sites for hydroxylation is 1. The van der Waals surface area contributed by atoms with E-state index < -0.39 is 35.9 Å². The molecule has 2 saturated heterocycles. The highest BCUT2D eigenvalue weighted by Crippen LogP contribution is 2.45. The molecule has 2 aliphatic heterocycles. The number of nitrogens with zero attached hydrogens (tertiary/aromatic N) is 1. The van der Waals surface area contributed by atoms with Gasteiger partial charge in [0.1, 0.15) is 5.78 Å². The lowest BCUT2D eigenvalue weighted by molar-refractivity contribution is -0.162. The van der Waals surface area contributed by atoms with E-state index in [2.05, 4.69) is 11.9 Å². The van der Waals surface area contributed by atoms with Crippen molar-refractivity contribution >= 4 is 23.2 Å². The maximum atomic E-state index is 13.2. The molecule has 198 valence electrons. The van der Waals surface area contributed by atoms with Gasteiger partial charge in [0.05, 0.1) is 40.7 Å². The number of epoxide rings is 1. The Bertz CT molecular complexity index is 913. The molecule has 0 spiro atoms. The van der Waals surface area contributed by atoms with Gasteiger partial charge in [-0.3, -0.25) is 4.79 Å². The second-order valence-electron chi connectivity index (χ2n) is 11.4. The van der Waals surface area contributed by atoms with Crippen LogP contribution in [0.25, 0.3) is 6.08 Å². The number of carbonyl (C=O) groups excluding carboxylic acids is 1. The molecule has 1 aromatic heterocycles. The summed E-state index contributed by atoms with van der Waals surface area (Å²) in [5.41, 5.74) is 0.360. The second-order valence-corrected chi connectivity index (χ2v) is 12.5. The van der Waals surface area contributed by atoms with Crippen LogP contribution in [0, 0.1) is 24.2 Å². The van der Waals surface area contributed by atoms with E-state index in [-0.39, 0.29) is 29.8 Å². The van der Waals surface area contributed by atoms with Gasteiger partial charge >= 0.3 is 0 Å². The molecule has 2 fully saturated rings. The van der Waals surface area contributed by atoms with Gasteiger partial charge in [-0.1, -0.05) is 34.1 Å². The van der Waals surface area contributed by atoms with Crippen LogP contribution in [0.4, 0.5) is 0 Å². The van der Waals surface area contributed by atoms with Crippen molar-refractivity contribution in [3.05, 3.63) is 21.7 Å². The lowest BCUT2D eigenvalue weighted by atomic mass is 9.73. The van der Waals surface area contributed by atoms with Gasteiger partial charge in [-0.25, -0.2) is 4.98 Å². The van der Waals surface area contributed by atoms with E-state index in [0.717, 1.165) is 35.5 Å². The maximum Gasteiger partial charge on any atom is 0.157 e. The Labute approximate surface area is 213 Å². The van der Waals surface area contributed by atoms with Crippen LogP contribution in [-0.2, 0) is 14.3 Å². The molecule has 0 amide bonds. The Morgan fingerprint density at radius 2 is 1.89 bits per heavy atom. The molecule has 0 radical (unpaired) electrons. The lowest BCUT2D eigenvalue weighted by Crippen LogP contribution is -2.46. The number of hydrogen-bond donors (Lipinski definition) is 3.